The van der Waals surface area contributed by atoms with Gasteiger partial charge >= 0.3 is 5.97 Å². The van der Waals surface area contributed by atoms with E-state index in [1.807, 2.05) is 48.6 Å². The minimum Gasteiger partial charge on any atom is -0.454 e. The quantitative estimate of drug-likeness (QED) is 0.403. The second kappa shape index (κ2) is 8.65. The lowest BCUT2D eigenvalue weighted by Gasteiger charge is -2.26. The summed E-state index contributed by atoms with van der Waals surface area (Å²) in [4.78, 5) is 53.1. The summed E-state index contributed by atoms with van der Waals surface area (Å²) >= 11 is 0. The maximum Gasteiger partial charge on any atom is 0.330 e. The van der Waals surface area contributed by atoms with E-state index in [0.29, 0.717) is 5.69 Å². The Kier molecular flexibility index (Phi) is 5.54. The van der Waals surface area contributed by atoms with Gasteiger partial charge in [-0.05, 0) is 36.0 Å². The molecule has 0 radical (unpaired) electrons. The smallest absolute Gasteiger partial charge is 0.330 e. The number of nitrogens with zero attached hydrogens (tertiary/aromatic N) is 1. The number of anilines is 1. The van der Waals surface area contributed by atoms with E-state index in [9.17, 15) is 19.2 Å². The molecular weight excluding hydrogens is 420 g/mol. The van der Waals surface area contributed by atoms with Crippen molar-refractivity contribution in [2.24, 2.45) is 23.7 Å². The largest absolute Gasteiger partial charge is 0.454 e. The number of benzene rings is 2. The highest BCUT2D eigenvalue weighted by atomic mass is 16.5. The van der Waals surface area contributed by atoms with Crippen LogP contribution in [0.25, 0.3) is 0 Å². The molecule has 3 aliphatic rings. The van der Waals surface area contributed by atoms with E-state index in [4.69, 9.17) is 4.74 Å². The Morgan fingerprint density at radius 2 is 1.48 bits per heavy atom. The molecule has 2 bridgehead atoms. The van der Waals surface area contributed by atoms with Crippen LogP contribution in [0, 0.1) is 23.7 Å². The number of hydrogen-bond donors (Lipinski definition) is 1. The van der Waals surface area contributed by atoms with Gasteiger partial charge in [-0.25, -0.2) is 4.79 Å². The minimum atomic E-state index is -1.11. The second-order valence-electron chi connectivity index (χ2n) is 8.77. The molecule has 1 saturated carbocycles. The number of imide groups is 1. The predicted octanol–water partition coefficient (Wildman–Crippen LogP) is 2.59. The standard InChI is InChI=1S/C26H24N2O5/c29-21(27-19-9-5-2-6-10-19)15-33-26(32)20(13-16-7-3-1-4-8-16)28-24(30)22-17-11-12-18(14-17)23(22)25(28)31/h1-12,17-18,20,22-23H,13-15H2,(H,27,29)/t17-,18-,20+,22-,23+/m0/s1. The van der Waals surface area contributed by atoms with E-state index in [0.717, 1.165) is 16.9 Å². The summed E-state index contributed by atoms with van der Waals surface area (Å²) in [6, 6.07) is 16.9. The minimum absolute atomic E-state index is 0.0477. The molecule has 7 heteroatoms. The van der Waals surface area contributed by atoms with E-state index in [2.05, 4.69) is 5.32 Å². The fourth-order valence-electron chi connectivity index (χ4n) is 5.30. The number of nitrogens with one attached hydrogen (secondary N) is 1. The highest BCUT2D eigenvalue weighted by Crippen LogP contribution is 2.53. The van der Waals surface area contributed by atoms with Crippen molar-refractivity contribution < 1.29 is 23.9 Å². The molecule has 1 aliphatic heterocycles. The molecule has 1 saturated heterocycles. The number of fused-ring (bicyclic) bond motifs is 5. The van der Waals surface area contributed by atoms with Crippen LogP contribution < -0.4 is 5.32 Å². The van der Waals surface area contributed by atoms with Crippen molar-refractivity contribution in [1.82, 2.24) is 4.90 Å². The average molecular weight is 444 g/mol. The van der Waals surface area contributed by atoms with Gasteiger partial charge < -0.3 is 10.1 Å². The van der Waals surface area contributed by atoms with Crippen LogP contribution in [0.3, 0.4) is 0 Å². The topological polar surface area (TPSA) is 92.8 Å². The van der Waals surface area contributed by atoms with Crippen molar-refractivity contribution in [3.05, 3.63) is 78.4 Å². The van der Waals surface area contributed by atoms with Crippen LogP contribution in [-0.4, -0.2) is 41.2 Å². The van der Waals surface area contributed by atoms with Crippen molar-refractivity contribution >= 4 is 29.4 Å². The van der Waals surface area contributed by atoms with Crippen LogP contribution in [0.2, 0.25) is 0 Å². The van der Waals surface area contributed by atoms with Crippen LogP contribution >= 0.6 is 0 Å². The van der Waals surface area contributed by atoms with E-state index in [1.165, 1.54) is 0 Å². The first-order valence-corrected chi connectivity index (χ1v) is 11.1. The molecule has 1 N–H and O–H groups in total. The van der Waals surface area contributed by atoms with Gasteiger partial charge in [0.2, 0.25) is 11.8 Å². The Morgan fingerprint density at radius 1 is 0.909 bits per heavy atom. The van der Waals surface area contributed by atoms with Gasteiger partial charge in [0.25, 0.3) is 5.91 Å². The van der Waals surface area contributed by atoms with Gasteiger partial charge in [-0.15, -0.1) is 0 Å². The van der Waals surface area contributed by atoms with Gasteiger partial charge in [0.15, 0.2) is 6.61 Å². The zero-order valence-corrected chi connectivity index (χ0v) is 17.9. The van der Waals surface area contributed by atoms with E-state index in [1.54, 1.807) is 24.3 Å². The molecule has 1 heterocycles. The van der Waals surface area contributed by atoms with Gasteiger partial charge in [0.05, 0.1) is 11.8 Å². The molecule has 7 nitrogen and oxygen atoms in total. The molecule has 3 amide bonds. The maximum absolute atomic E-state index is 13.3. The Hall–Kier alpha value is -3.74. The molecule has 2 aromatic carbocycles. The van der Waals surface area contributed by atoms with E-state index < -0.39 is 36.4 Å². The van der Waals surface area contributed by atoms with E-state index in [-0.39, 0.29) is 30.1 Å². The monoisotopic (exact) mass is 444 g/mol. The van der Waals surface area contributed by atoms with Crippen molar-refractivity contribution in [2.75, 3.05) is 11.9 Å². The van der Waals surface area contributed by atoms with Crippen molar-refractivity contribution in [1.29, 1.82) is 0 Å². The molecule has 0 spiro atoms. The third-order valence-electron chi connectivity index (χ3n) is 6.76. The van der Waals surface area contributed by atoms with Gasteiger partial charge in [-0.3, -0.25) is 19.3 Å². The molecule has 2 aliphatic carbocycles. The summed E-state index contributed by atoms with van der Waals surface area (Å²) in [5.41, 5.74) is 1.38. The zero-order chi connectivity index (χ0) is 22.9. The molecule has 2 fully saturated rings. The Bertz CT molecular complexity index is 1080. The third kappa shape index (κ3) is 3.95. The SMILES string of the molecule is O=C(COC(=O)[C@@H](Cc1ccccc1)N1C(=O)[C@@H]2[C@H](C1=O)[C@H]1C=C[C@H]2C1)Nc1ccccc1. The summed E-state index contributed by atoms with van der Waals surface area (Å²) in [7, 11) is 0. The number of amides is 3. The summed E-state index contributed by atoms with van der Waals surface area (Å²) in [6.07, 6.45) is 4.98. The summed E-state index contributed by atoms with van der Waals surface area (Å²) in [5, 5.41) is 2.65. The summed E-state index contributed by atoms with van der Waals surface area (Å²) in [6.45, 7) is -0.505. The highest BCUT2D eigenvalue weighted by Gasteiger charge is 2.61. The van der Waals surface area contributed by atoms with E-state index >= 15 is 0 Å². The lowest BCUT2D eigenvalue weighted by molar-refractivity contribution is -0.160. The van der Waals surface area contributed by atoms with Crippen molar-refractivity contribution in [2.45, 2.75) is 18.9 Å². The summed E-state index contributed by atoms with van der Waals surface area (Å²) in [5.74, 6) is -2.59. The molecule has 168 valence electrons. The average Bonchev–Trinajstić information content (AvgIpc) is 3.51. The number of carbonyl (C=O) groups excluding carboxylic acids is 4. The first-order valence-electron chi connectivity index (χ1n) is 11.1. The first kappa shape index (κ1) is 21.1. The van der Waals surface area contributed by atoms with Gasteiger partial charge in [-0.1, -0.05) is 60.7 Å². The molecular formula is C26H24N2O5. The van der Waals surface area contributed by atoms with Crippen LogP contribution in [0.4, 0.5) is 5.69 Å². The number of ether oxygens (including phenoxy) is 1. The Labute approximate surface area is 191 Å². The molecule has 2 aromatic rings. The number of rotatable bonds is 7. The van der Waals surface area contributed by atoms with Crippen LogP contribution in [-0.2, 0) is 30.3 Å². The van der Waals surface area contributed by atoms with Gasteiger partial charge in [0, 0.05) is 12.1 Å². The van der Waals surface area contributed by atoms with Crippen LogP contribution in [0.15, 0.2) is 72.8 Å². The fourth-order valence-corrected chi connectivity index (χ4v) is 5.30. The third-order valence-corrected chi connectivity index (χ3v) is 6.76. The fraction of sp³-hybridized carbons (Fsp3) is 0.308. The van der Waals surface area contributed by atoms with Crippen molar-refractivity contribution in [3.8, 4) is 0 Å². The van der Waals surface area contributed by atoms with Crippen LogP contribution in [0.1, 0.15) is 12.0 Å². The molecule has 5 rings (SSSR count). The second-order valence-corrected chi connectivity index (χ2v) is 8.77. The highest BCUT2D eigenvalue weighted by molar-refractivity contribution is 6.09. The number of likely N-dealkylation sites (tertiary alicyclic amines) is 1. The number of esters is 1. The number of carbonyl (C=O) groups is 4. The summed E-state index contributed by atoms with van der Waals surface area (Å²) < 4.78 is 5.30. The first-order chi connectivity index (χ1) is 16.0. The number of para-hydroxylation sites is 1. The zero-order valence-electron chi connectivity index (χ0n) is 17.9. The van der Waals surface area contributed by atoms with Gasteiger partial charge in [-0.2, -0.15) is 0 Å². The lowest BCUT2D eigenvalue weighted by atomic mass is 9.85. The number of hydrogen-bond acceptors (Lipinski definition) is 5. The predicted molar refractivity (Wildman–Crippen MR) is 120 cm³/mol. The lowest BCUT2D eigenvalue weighted by Crippen LogP contribution is -2.48. The Morgan fingerprint density at radius 3 is 2.09 bits per heavy atom. The Balaban J connectivity index is 1.33. The number of allylic oxidation sites excluding steroid dienone is 2. The molecule has 0 unspecified atom stereocenters. The molecule has 33 heavy (non-hydrogen) atoms. The molecule has 0 aromatic heterocycles. The molecule has 5 atom stereocenters. The van der Waals surface area contributed by atoms with Crippen LogP contribution in [0.5, 0.6) is 0 Å². The maximum atomic E-state index is 13.3. The van der Waals surface area contributed by atoms with Gasteiger partial charge in [0.1, 0.15) is 6.04 Å². The normalized spacial score (nSPS) is 25.8. The van der Waals surface area contributed by atoms with Crippen molar-refractivity contribution in [3.63, 3.8) is 0 Å².